The van der Waals surface area contributed by atoms with Crippen LogP contribution >= 0.6 is 0 Å². The number of benzene rings is 1. The SMILES string of the molecule is C[C@H](CC(=O)O)NC(=O)c1ccc(OC(F)F)cc1. The molecule has 7 heteroatoms. The molecule has 0 radical (unpaired) electrons. The zero-order valence-corrected chi connectivity index (χ0v) is 10.1. The van der Waals surface area contributed by atoms with Crippen LogP contribution in [0.15, 0.2) is 24.3 Å². The van der Waals surface area contributed by atoms with Crippen molar-refractivity contribution in [2.75, 3.05) is 0 Å². The number of hydrogen-bond donors (Lipinski definition) is 2. The van der Waals surface area contributed by atoms with Crippen molar-refractivity contribution < 1.29 is 28.2 Å². The average molecular weight is 273 g/mol. The van der Waals surface area contributed by atoms with E-state index in [0.29, 0.717) is 0 Å². The fourth-order valence-electron chi connectivity index (χ4n) is 1.41. The number of rotatable bonds is 6. The fraction of sp³-hybridized carbons (Fsp3) is 0.333. The number of carboxylic acid groups (broad SMARTS) is 1. The summed E-state index contributed by atoms with van der Waals surface area (Å²) >= 11 is 0. The summed E-state index contributed by atoms with van der Waals surface area (Å²) in [4.78, 5) is 22.1. The van der Waals surface area contributed by atoms with Gasteiger partial charge in [-0.05, 0) is 31.2 Å². The number of ether oxygens (including phenoxy) is 1. The van der Waals surface area contributed by atoms with E-state index in [1.807, 2.05) is 0 Å². The lowest BCUT2D eigenvalue weighted by Crippen LogP contribution is -2.34. The van der Waals surface area contributed by atoms with Crippen LogP contribution in [0.5, 0.6) is 5.75 Å². The van der Waals surface area contributed by atoms with Gasteiger partial charge in [0.15, 0.2) is 0 Å². The average Bonchev–Trinajstić information content (AvgIpc) is 2.27. The fourth-order valence-corrected chi connectivity index (χ4v) is 1.41. The molecule has 0 aliphatic rings. The van der Waals surface area contributed by atoms with Crippen LogP contribution in [-0.2, 0) is 4.79 Å². The van der Waals surface area contributed by atoms with E-state index in [1.165, 1.54) is 24.3 Å². The third-order valence-electron chi connectivity index (χ3n) is 2.20. The van der Waals surface area contributed by atoms with Crippen LogP contribution in [0.1, 0.15) is 23.7 Å². The molecule has 1 amide bonds. The number of carbonyl (C=O) groups is 2. The van der Waals surface area contributed by atoms with Crippen LogP contribution in [-0.4, -0.2) is 29.6 Å². The van der Waals surface area contributed by atoms with Gasteiger partial charge >= 0.3 is 12.6 Å². The van der Waals surface area contributed by atoms with E-state index >= 15 is 0 Å². The predicted octanol–water partition coefficient (Wildman–Crippen LogP) is 1.88. The Kier molecular flexibility index (Phi) is 5.23. The number of hydrogen-bond acceptors (Lipinski definition) is 3. The number of carbonyl (C=O) groups excluding carboxylic acids is 1. The summed E-state index contributed by atoms with van der Waals surface area (Å²) in [7, 11) is 0. The number of amides is 1. The van der Waals surface area contributed by atoms with E-state index in [4.69, 9.17) is 5.11 Å². The summed E-state index contributed by atoms with van der Waals surface area (Å²) in [5.74, 6) is -1.55. The van der Waals surface area contributed by atoms with Gasteiger partial charge in [0.2, 0.25) is 0 Å². The molecule has 0 saturated carbocycles. The number of nitrogens with one attached hydrogen (secondary N) is 1. The Morgan fingerprint density at radius 3 is 2.37 bits per heavy atom. The molecule has 0 bridgehead atoms. The van der Waals surface area contributed by atoms with Crippen LogP contribution in [0.2, 0.25) is 0 Å². The topological polar surface area (TPSA) is 75.6 Å². The molecule has 1 aromatic rings. The Bertz CT molecular complexity index is 448. The molecule has 0 aliphatic heterocycles. The number of aliphatic carboxylic acids is 1. The van der Waals surface area contributed by atoms with E-state index in [2.05, 4.69) is 10.1 Å². The molecule has 0 unspecified atom stereocenters. The van der Waals surface area contributed by atoms with Crippen LogP contribution in [0.4, 0.5) is 8.78 Å². The molecule has 104 valence electrons. The van der Waals surface area contributed by atoms with Gasteiger partial charge in [-0.2, -0.15) is 8.78 Å². The van der Waals surface area contributed by atoms with Crippen molar-refractivity contribution in [3.8, 4) is 5.75 Å². The van der Waals surface area contributed by atoms with E-state index in [0.717, 1.165) is 0 Å². The lowest BCUT2D eigenvalue weighted by atomic mass is 10.1. The maximum Gasteiger partial charge on any atom is 0.387 e. The lowest BCUT2D eigenvalue weighted by molar-refractivity contribution is -0.137. The highest BCUT2D eigenvalue weighted by atomic mass is 19.3. The quantitative estimate of drug-likeness (QED) is 0.829. The van der Waals surface area contributed by atoms with E-state index < -0.39 is 24.5 Å². The number of carboxylic acids is 1. The van der Waals surface area contributed by atoms with Gasteiger partial charge in [0.05, 0.1) is 6.42 Å². The van der Waals surface area contributed by atoms with Crippen molar-refractivity contribution in [3.05, 3.63) is 29.8 Å². The van der Waals surface area contributed by atoms with Crippen molar-refractivity contribution in [1.82, 2.24) is 5.32 Å². The first-order chi connectivity index (χ1) is 8.88. The van der Waals surface area contributed by atoms with Crippen LogP contribution in [0.25, 0.3) is 0 Å². The summed E-state index contributed by atoms with van der Waals surface area (Å²) in [6.07, 6.45) is -0.196. The van der Waals surface area contributed by atoms with Crippen molar-refractivity contribution in [1.29, 1.82) is 0 Å². The molecule has 1 rings (SSSR count). The predicted molar refractivity (Wildman–Crippen MR) is 62.3 cm³/mol. The smallest absolute Gasteiger partial charge is 0.387 e. The third kappa shape index (κ3) is 5.33. The van der Waals surface area contributed by atoms with Gasteiger partial charge in [-0.3, -0.25) is 9.59 Å². The molecule has 0 heterocycles. The summed E-state index contributed by atoms with van der Waals surface area (Å²) in [5.41, 5.74) is 0.235. The third-order valence-corrected chi connectivity index (χ3v) is 2.20. The molecule has 1 atom stereocenters. The van der Waals surface area contributed by atoms with Crippen molar-refractivity contribution in [3.63, 3.8) is 0 Å². The summed E-state index contributed by atoms with van der Waals surface area (Å²) in [5, 5.41) is 11.0. The Hall–Kier alpha value is -2.18. The van der Waals surface area contributed by atoms with E-state index in [9.17, 15) is 18.4 Å². The maximum atomic E-state index is 11.9. The zero-order chi connectivity index (χ0) is 14.4. The van der Waals surface area contributed by atoms with Crippen molar-refractivity contribution >= 4 is 11.9 Å². The second kappa shape index (κ2) is 6.67. The first-order valence-corrected chi connectivity index (χ1v) is 5.46. The van der Waals surface area contributed by atoms with Gasteiger partial charge in [0.1, 0.15) is 5.75 Å². The molecule has 0 aliphatic carbocycles. The van der Waals surface area contributed by atoms with Crippen LogP contribution < -0.4 is 10.1 Å². The molecule has 5 nitrogen and oxygen atoms in total. The van der Waals surface area contributed by atoms with E-state index in [-0.39, 0.29) is 17.7 Å². The zero-order valence-electron chi connectivity index (χ0n) is 10.1. The Morgan fingerprint density at radius 2 is 1.89 bits per heavy atom. The minimum Gasteiger partial charge on any atom is -0.481 e. The number of alkyl halides is 2. The summed E-state index contributed by atoms with van der Waals surface area (Å²) in [6.45, 7) is -1.37. The molecule has 1 aromatic carbocycles. The van der Waals surface area contributed by atoms with Gasteiger partial charge in [-0.1, -0.05) is 0 Å². The highest BCUT2D eigenvalue weighted by Gasteiger charge is 2.13. The first kappa shape index (κ1) is 14.9. The molecule has 0 aromatic heterocycles. The standard InChI is InChI=1S/C12H13F2NO4/c1-7(6-10(16)17)15-11(18)8-2-4-9(5-3-8)19-12(13)14/h2-5,7,12H,6H2,1H3,(H,15,18)(H,16,17)/t7-/m1/s1. The Balaban J connectivity index is 2.60. The molecular weight excluding hydrogens is 260 g/mol. The summed E-state index contributed by atoms with van der Waals surface area (Å²) in [6, 6.07) is 4.59. The Morgan fingerprint density at radius 1 is 1.32 bits per heavy atom. The molecule has 0 fully saturated rings. The van der Waals surface area contributed by atoms with Crippen molar-refractivity contribution in [2.45, 2.75) is 26.0 Å². The largest absolute Gasteiger partial charge is 0.481 e. The highest BCUT2D eigenvalue weighted by Crippen LogP contribution is 2.14. The minimum atomic E-state index is -2.92. The van der Waals surface area contributed by atoms with Crippen molar-refractivity contribution in [2.24, 2.45) is 0 Å². The Labute approximate surface area is 108 Å². The molecule has 19 heavy (non-hydrogen) atoms. The second-order valence-corrected chi connectivity index (χ2v) is 3.88. The first-order valence-electron chi connectivity index (χ1n) is 5.46. The highest BCUT2D eigenvalue weighted by molar-refractivity contribution is 5.94. The molecular formula is C12H13F2NO4. The van der Waals surface area contributed by atoms with Crippen LogP contribution in [0, 0.1) is 0 Å². The van der Waals surface area contributed by atoms with Gasteiger partial charge in [0, 0.05) is 11.6 Å². The molecule has 0 spiro atoms. The lowest BCUT2D eigenvalue weighted by Gasteiger charge is -2.11. The van der Waals surface area contributed by atoms with Crippen LogP contribution in [0.3, 0.4) is 0 Å². The maximum absolute atomic E-state index is 11.9. The molecule has 2 N–H and O–H groups in total. The van der Waals surface area contributed by atoms with E-state index in [1.54, 1.807) is 6.92 Å². The van der Waals surface area contributed by atoms with Gasteiger partial charge < -0.3 is 15.2 Å². The second-order valence-electron chi connectivity index (χ2n) is 3.88. The van der Waals surface area contributed by atoms with Gasteiger partial charge in [-0.25, -0.2) is 0 Å². The minimum absolute atomic E-state index is 0.0508. The normalized spacial score (nSPS) is 12.0. The van der Waals surface area contributed by atoms with Gasteiger partial charge in [-0.15, -0.1) is 0 Å². The summed E-state index contributed by atoms with van der Waals surface area (Å²) < 4.78 is 28.0. The van der Waals surface area contributed by atoms with Gasteiger partial charge in [0.25, 0.3) is 5.91 Å². The monoisotopic (exact) mass is 273 g/mol. The number of halogens is 2. The molecule has 0 saturated heterocycles.